The summed E-state index contributed by atoms with van der Waals surface area (Å²) in [4.78, 5) is 22.8. The van der Waals surface area contributed by atoms with Crippen molar-refractivity contribution in [2.24, 2.45) is 0 Å². The Kier molecular flexibility index (Phi) is 4.49. The highest BCUT2D eigenvalue weighted by atomic mass is 16.4. The first-order chi connectivity index (χ1) is 9.65. The minimum Gasteiger partial charge on any atom is -0.481 e. The molecule has 1 aromatic carbocycles. The zero-order valence-corrected chi connectivity index (χ0v) is 10.8. The maximum absolute atomic E-state index is 11.9. The molecule has 6 heteroatoms. The largest absolute Gasteiger partial charge is 0.481 e. The number of aliphatic carboxylic acids is 1. The van der Waals surface area contributed by atoms with Crippen LogP contribution >= 0.6 is 0 Å². The fourth-order valence-electron chi connectivity index (χ4n) is 1.89. The third-order valence-corrected chi connectivity index (χ3v) is 2.78. The first-order valence-electron chi connectivity index (χ1n) is 6.18. The van der Waals surface area contributed by atoms with Crippen molar-refractivity contribution in [3.63, 3.8) is 0 Å². The van der Waals surface area contributed by atoms with Crippen LogP contribution in [-0.4, -0.2) is 26.8 Å². The van der Waals surface area contributed by atoms with E-state index in [1.165, 1.54) is 4.68 Å². The van der Waals surface area contributed by atoms with Gasteiger partial charge in [-0.3, -0.25) is 14.3 Å². The predicted octanol–water partition coefficient (Wildman–Crippen LogP) is 1.22. The summed E-state index contributed by atoms with van der Waals surface area (Å²) in [6.45, 7) is 0.0654. The van der Waals surface area contributed by atoms with Gasteiger partial charge >= 0.3 is 5.97 Å². The van der Waals surface area contributed by atoms with E-state index in [-0.39, 0.29) is 18.9 Å². The summed E-state index contributed by atoms with van der Waals surface area (Å²) in [7, 11) is 0. The highest BCUT2D eigenvalue weighted by Crippen LogP contribution is 2.16. The van der Waals surface area contributed by atoms with Gasteiger partial charge in [0.2, 0.25) is 5.91 Å². The second-order valence-corrected chi connectivity index (χ2v) is 4.33. The molecule has 0 saturated carbocycles. The Morgan fingerprint density at radius 3 is 2.60 bits per heavy atom. The molecule has 0 radical (unpaired) electrons. The number of rotatable bonds is 6. The molecule has 0 aliphatic rings. The first-order valence-corrected chi connectivity index (χ1v) is 6.18. The van der Waals surface area contributed by atoms with Crippen molar-refractivity contribution < 1.29 is 14.7 Å². The molecule has 104 valence electrons. The van der Waals surface area contributed by atoms with Gasteiger partial charge in [-0.2, -0.15) is 5.10 Å². The number of nitrogens with one attached hydrogen (secondary N) is 1. The van der Waals surface area contributed by atoms with Crippen molar-refractivity contribution >= 4 is 11.9 Å². The molecule has 1 aromatic heterocycles. The molecule has 0 spiro atoms. The number of nitrogens with zero attached hydrogens (tertiary/aromatic N) is 2. The number of carbonyl (C=O) groups excluding carboxylic acids is 1. The van der Waals surface area contributed by atoms with Crippen LogP contribution in [0, 0.1) is 0 Å². The number of aromatic nitrogens is 2. The highest BCUT2D eigenvalue weighted by molar-refractivity contribution is 5.77. The van der Waals surface area contributed by atoms with Crippen LogP contribution in [0.3, 0.4) is 0 Å². The fourth-order valence-corrected chi connectivity index (χ4v) is 1.89. The molecule has 1 atom stereocenters. The zero-order chi connectivity index (χ0) is 14.4. The maximum atomic E-state index is 11.9. The summed E-state index contributed by atoms with van der Waals surface area (Å²) in [6, 6.07) is 10.2. The van der Waals surface area contributed by atoms with Crippen LogP contribution in [0.1, 0.15) is 18.0 Å². The Hall–Kier alpha value is -2.63. The normalized spacial score (nSPS) is 11.8. The lowest BCUT2D eigenvalue weighted by Gasteiger charge is -2.17. The molecule has 0 bridgehead atoms. The van der Waals surface area contributed by atoms with Crippen LogP contribution in [0.4, 0.5) is 0 Å². The molecule has 6 nitrogen and oxygen atoms in total. The van der Waals surface area contributed by atoms with Gasteiger partial charge < -0.3 is 10.4 Å². The second kappa shape index (κ2) is 6.51. The van der Waals surface area contributed by atoms with Crippen LogP contribution in [-0.2, 0) is 16.1 Å². The minimum atomic E-state index is -0.960. The molecule has 0 saturated heterocycles. The lowest BCUT2D eigenvalue weighted by atomic mass is 10.0. The van der Waals surface area contributed by atoms with E-state index in [1.807, 2.05) is 18.2 Å². The molecule has 0 aliphatic carbocycles. The Balaban J connectivity index is 2.04. The number of carboxylic acids is 1. The number of benzene rings is 1. The van der Waals surface area contributed by atoms with E-state index in [4.69, 9.17) is 5.11 Å². The average molecular weight is 273 g/mol. The van der Waals surface area contributed by atoms with Gasteiger partial charge in [0.25, 0.3) is 0 Å². The average Bonchev–Trinajstić information content (AvgIpc) is 2.91. The molecular weight excluding hydrogens is 258 g/mol. The van der Waals surface area contributed by atoms with Crippen molar-refractivity contribution in [3.8, 4) is 0 Å². The Morgan fingerprint density at radius 1 is 1.25 bits per heavy atom. The standard InChI is InChI=1S/C14H15N3O3/c18-13(10-17-8-4-7-15-17)16-12(9-14(19)20)11-5-2-1-3-6-11/h1-8,12H,9-10H2,(H,16,18)(H,19,20). The van der Waals surface area contributed by atoms with Gasteiger partial charge in [0.15, 0.2) is 0 Å². The molecule has 2 N–H and O–H groups in total. The van der Waals surface area contributed by atoms with Crippen LogP contribution in [0.15, 0.2) is 48.8 Å². The first kappa shape index (κ1) is 13.8. The SMILES string of the molecule is O=C(O)CC(NC(=O)Cn1cccn1)c1ccccc1. The van der Waals surface area contributed by atoms with Crippen molar-refractivity contribution in [2.75, 3.05) is 0 Å². The van der Waals surface area contributed by atoms with Gasteiger partial charge in [0.05, 0.1) is 12.5 Å². The Labute approximate surface area is 116 Å². The molecule has 20 heavy (non-hydrogen) atoms. The van der Waals surface area contributed by atoms with E-state index in [0.29, 0.717) is 0 Å². The smallest absolute Gasteiger partial charge is 0.305 e. The zero-order valence-electron chi connectivity index (χ0n) is 10.8. The number of hydrogen-bond acceptors (Lipinski definition) is 3. The minimum absolute atomic E-state index is 0.0654. The number of carboxylic acid groups (broad SMARTS) is 1. The molecular formula is C14H15N3O3. The molecule has 0 fully saturated rings. The van der Waals surface area contributed by atoms with Gasteiger partial charge in [0.1, 0.15) is 6.54 Å². The topological polar surface area (TPSA) is 84.2 Å². The molecule has 0 aliphatic heterocycles. The summed E-state index contributed by atoms with van der Waals surface area (Å²) in [5.41, 5.74) is 0.767. The van der Waals surface area contributed by atoms with Crippen LogP contribution < -0.4 is 5.32 Å². The van der Waals surface area contributed by atoms with Crippen LogP contribution in [0.25, 0.3) is 0 Å². The molecule has 1 heterocycles. The summed E-state index contributed by atoms with van der Waals surface area (Å²) >= 11 is 0. The molecule has 2 aromatic rings. The maximum Gasteiger partial charge on any atom is 0.305 e. The predicted molar refractivity (Wildman–Crippen MR) is 71.8 cm³/mol. The van der Waals surface area contributed by atoms with E-state index >= 15 is 0 Å². The molecule has 1 amide bonds. The van der Waals surface area contributed by atoms with Gasteiger partial charge in [0, 0.05) is 12.4 Å². The quantitative estimate of drug-likeness (QED) is 0.828. The van der Waals surface area contributed by atoms with Crippen LogP contribution in [0.2, 0.25) is 0 Å². The Bertz CT molecular complexity index is 567. The van der Waals surface area contributed by atoms with E-state index < -0.39 is 12.0 Å². The summed E-state index contributed by atoms with van der Waals surface area (Å²) in [5, 5.41) is 15.6. The summed E-state index contributed by atoms with van der Waals surface area (Å²) < 4.78 is 1.48. The fraction of sp³-hybridized carbons (Fsp3) is 0.214. The van der Waals surface area contributed by atoms with E-state index in [9.17, 15) is 9.59 Å². The number of carbonyl (C=O) groups is 2. The van der Waals surface area contributed by atoms with Gasteiger partial charge in [-0.1, -0.05) is 30.3 Å². The van der Waals surface area contributed by atoms with E-state index in [2.05, 4.69) is 10.4 Å². The summed E-state index contributed by atoms with van der Waals surface area (Å²) in [5.74, 6) is -1.23. The third kappa shape index (κ3) is 3.94. The van der Waals surface area contributed by atoms with Gasteiger partial charge in [-0.15, -0.1) is 0 Å². The van der Waals surface area contributed by atoms with E-state index in [0.717, 1.165) is 5.56 Å². The lowest BCUT2D eigenvalue weighted by molar-refractivity contribution is -0.137. The molecule has 2 rings (SSSR count). The van der Waals surface area contributed by atoms with Crippen molar-refractivity contribution in [3.05, 3.63) is 54.4 Å². The van der Waals surface area contributed by atoms with E-state index in [1.54, 1.807) is 30.6 Å². The van der Waals surface area contributed by atoms with Gasteiger partial charge in [-0.25, -0.2) is 0 Å². The monoisotopic (exact) mass is 273 g/mol. The third-order valence-electron chi connectivity index (χ3n) is 2.78. The van der Waals surface area contributed by atoms with Crippen LogP contribution in [0.5, 0.6) is 0 Å². The lowest BCUT2D eigenvalue weighted by Crippen LogP contribution is -2.33. The Morgan fingerprint density at radius 2 is 2.00 bits per heavy atom. The number of hydrogen-bond donors (Lipinski definition) is 2. The van der Waals surface area contributed by atoms with Crippen molar-refractivity contribution in [2.45, 2.75) is 19.0 Å². The van der Waals surface area contributed by atoms with Crippen molar-refractivity contribution in [1.29, 1.82) is 0 Å². The van der Waals surface area contributed by atoms with Crippen molar-refractivity contribution in [1.82, 2.24) is 15.1 Å². The molecule has 1 unspecified atom stereocenters. The number of amides is 1. The van der Waals surface area contributed by atoms with Gasteiger partial charge in [-0.05, 0) is 11.6 Å². The summed E-state index contributed by atoms with van der Waals surface area (Å²) in [6.07, 6.45) is 3.10. The second-order valence-electron chi connectivity index (χ2n) is 4.33. The highest BCUT2D eigenvalue weighted by Gasteiger charge is 2.17.